The lowest BCUT2D eigenvalue weighted by Crippen LogP contribution is -2.23. The van der Waals surface area contributed by atoms with E-state index in [0.29, 0.717) is 6.42 Å². The lowest BCUT2D eigenvalue weighted by Gasteiger charge is -2.28. The van der Waals surface area contributed by atoms with E-state index in [4.69, 9.17) is 0 Å². The average Bonchev–Trinajstić information content (AvgIpc) is 3.13. The Bertz CT molecular complexity index is 1280. The minimum atomic E-state index is -4.97. The van der Waals surface area contributed by atoms with Crippen molar-refractivity contribution in [3.05, 3.63) is 71.7 Å². The predicted molar refractivity (Wildman–Crippen MR) is 115 cm³/mol. The van der Waals surface area contributed by atoms with Crippen LogP contribution in [-0.4, -0.2) is 37.7 Å². The molecular weight excluding hydrogens is 460 g/mol. The summed E-state index contributed by atoms with van der Waals surface area (Å²) in [5, 5.41) is 0. The Morgan fingerprint density at radius 2 is 1.82 bits per heavy atom. The Balaban J connectivity index is 1.94. The Morgan fingerprint density at radius 3 is 2.48 bits per heavy atom. The summed E-state index contributed by atoms with van der Waals surface area (Å²) >= 11 is 0. The fourth-order valence-electron chi connectivity index (χ4n) is 4.32. The number of benzene rings is 2. The highest BCUT2D eigenvalue weighted by Gasteiger charge is 2.34. The molecule has 1 aliphatic rings. The molecule has 0 saturated carbocycles. The normalized spacial score (nSPS) is 16.6. The zero-order chi connectivity index (χ0) is 24.0. The molecule has 0 N–H and O–H groups in total. The molecule has 0 bridgehead atoms. The second-order valence-electron chi connectivity index (χ2n) is 8.09. The van der Waals surface area contributed by atoms with Crippen molar-refractivity contribution in [1.29, 1.82) is 0 Å². The van der Waals surface area contributed by atoms with E-state index in [0.717, 1.165) is 40.1 Å². The van der Waals surface area contributed by atoms with Gasteiger partial charge in [0.15, 0.2) is 0 Å². The molecule has 0 spiro atoms. The topological polar surface area (TPSA) is 51.5 Å². The van der Waals surface area contributed by atoms with Gasteiger partial charge in [-0.05, 0) is 68.8 Å². The minimum absolute atomic E-state index is 0.0735. The Labute approximate surface area is 189 Å². The van der Waals surface area contributed by atoms with Crippen molar-refractivity contribution < 1.29 is 30.7 Å². The highest BCUT2D eigenvalue weighted by Crippen LogP contribution is 2.42. The number of fused-ring (bicyclic) bond motifs is 1. The zero-order valence-corrected chi connectivity index (χ0v) is 18.8. The molecule has 4 rings (SSSR count). The van der Waals surface area contributed by atoms with Gasteiger partial charge in [-0.25, -0.2) is 16.8 Å². The number of aromatic nitrogens is 1. The number of alkyl halides is 3. The van der Waals surface area contributed by atoms with Crippen LogP contribution in [0.3, 0.4) is 0 Å². The fraction of sp³-hybridized carbons (Fsp3) is 0.304. The van der Waals surface area contributed by atoms with E-state index in [-0.39, 0.29) is 17.3 Å². The maximum atomic E-state index is 14.8. The van der Waals surface area contributed by atoms with Crippen molar-refractivity contribution >= 4 is 10.0 Å². The molecule has 3 aromatic rings. The molecule has 10 heteroatoms. The smallest absolute Gasteiger partial charge is 0.406 e. The van der Waals surface area contributed by atoms with Gasteiger partial charge in [-0.1, -0.05) is 18.2 Å². The third kappa shape index (κ3) is 4.49. The second kappa shape index (κ2) is 8.49. The summed E-state index contributed by atoms with van der Waals surface area (Å²) < 4.78 is 85.0. The van der Waals surface area contributed by atoms with Crippen molar-refractivity contribution in [2.45, 2.75) is 36.6 Å². The van der Waals surface area contributed by atoms with Crippen LogP contribution in [0.5, 0.6) is 5.75 Å². The summed E-state index contributed by atoms with van der Waals surface area (Å²) in [5.74, 6) is -1.24. The zero-order valence-electron chi connectivity index (χ0n) is 17.9. The monoisotopic (exact) mass is 482 g/mol. The summed E-state index contributed by atoms with van der Waals surface area (Å²) in [6, 6.07) is 9.98. The van der Waals surface area contributed by atoms with Gasteiger partial charge in [0.1, 0.15) is 11.6 Å². The number of halogens is 4. The van der Waals surface area contributed by atoms with Gasteiger partial charge in [-0.15, -0.1) is 13.2 Å². The van der Waals surface area contributed by atoms with Crippen LogP contribution in [-0.2, 0) is 16.4 Å². The summed E-state index contributed by atoms with van der Waals surface area (Å²) in [7, 11) is -0.609. The summed E-state index contributed by atoms with van der Waals surface area (Å²) in [6.45, 7) is 0. The van der Waals surface area contributed by atoms with E-state index < -0.39 is 32.8 Å². The van der Waals surface area contributed by atoms with Crippen LogP contribution >= 0.6 is 0 Å². The van der Waals surface area contributed by atoms with Crippen LogP contribution in [0.15, 0.2) is 59.6 Å². The molecule has 1 atom stereocenters. The third-order valence-corrected chi connectivity index (χ3v) is 7.38. The first-order chi connectivity index (χ1) is 15.5. The molecule has 0 amide bonds. The van der Waals surface area contributed by atoms with Crippen molar-refractivity contribution in [1.82, 2.24) is 8.87 Å². The number of hydrogen-bond donors (Lipinski definition) is 0. The van der Waals surface area contributed by atoms with Crippen LogP contribution in [0.2, 0.25) is 0 Å². The summed E-state index contributed by atoms with van der Waals surface area (Å²) in [5.41, 5.74) is 1.79. The molecule has 0 fully saturated rings. The molecule has 0 radical (unpaired) electrons. The fourth-order valence-corrected chi connectivity index (χ4v) is 5.77. The van der Waals surface area contributed by atoms with Crippen molar-refractivity contribution in [3.8, 4) is 17.0 Å². The van der Waals surface area contributed by atoms with E-state index in [9.17, 15) is 26.0 Å². The number of rotatable bonds is 5. The van der Waals surface area contributed by atoms with Gasteiger partial charge in [0.05, 0.1) is 10.6 Å². The van der Waals surface area contributed by atoms with Gasteiger partial charge >= 0.3 is 6.36 Å². The molecule has 2 aromatic carbocycles. The quantitative estimate of drug-likeness (QED) is 0.459. The number of ether oxygens (including phenoxy) is 1. The highest BCUT2D eigenvalue weighted by atomic mass is 32.2. The van der Waals surface area contributed by atoms with Crippen LogP contribution in [0.4, 0.5) is 17.6 Å². The van der Waals surface area contributed by atoms with Crippen LogP contribution in [0.25, 0.3) is 11.3 Å². The first-order valence-corrected chi connectivity index (χ1v) is 11.7. The molecule has 1 unspecified atom stereocenters. The van der Waals surface area contributed by atoms with E-state index in [2.05, 4.69) is 4.74 Å². The summed E-state index contributed by atoms with van der Waals surface area (Å²) in [6.07, 6.45) is -1.35. The maximum Gasteiger partial charge on any atom is 0.573 e. The van der Waals surface area contributed by atoms with Gasteiger partial charge in [-0.3, -0.25) is 0 Å². The SMILES string of the molecule is CN(C)C1CCCc2c1cn(S(=O)(=O)c1cccc(OC(F)(F)F)c1)c2-c1ccccc1F. The van der Waals surface area contributed by atoms with Crippen LogP contribution < -0.4 is 4.74 Å². The van der Waals surface area contributed by atoms with Crippen LogP contribution in [0.1, 0.15) is 30.0 Å². The number of nitrogens with zero attached hydrogens (tertiary/aromatic N) is 2. The first-order valence-electron chi connectivity index (χ1n) is 10.3. The molecule has 0 aliphatic heterocycles. The summed E-state index contributed by atoms with van der Waals surface area (Å²) in [4.78, 5) is 1.58. The second-order valence-corrected chi connectivity index (χ2v) is 9.90. The molecule has 5 nitrogen and oxygen atoms in total. The van der Waals surface area contributed by atoms with E-state index in [1.165, 1.54) is 36.5 Å². The standard InChI is InChI=1S/C23H22F4N2O3S/c1-28(2)21-12-6-10-17-19(21)14-29(22(17)18-9-3-4-11-20(18)24)33(30,31)16-8-5-7-15(13-16)32-23(25,26)27/h3-5,7-9,11,13-14,21H,6,10,12H2,1-2H3. The molecule has 33 heavy (non-hydrogen) atoms. The van der Waals surface area contributed by atoms with E-state index in [1.54, 1.807) is 6.07 Å². The van der Waals surface area contributed by atoms with Gasteiger partial charge < -0.3 is 9.64 Å². The highest BCUT2D eigenvalue weighted by molar-refractivity contribution is 7.90. The molecule has 1 aromatic heterocycles. The lowest BCUT2D eigenvalue weighted by atomic mass is 9.87. The molecule has 176 valence electrons. The molecular formula is C23H22F4N2O3S. The van der Waals surface area contributed by atoms with E-state index in [1.807, 2.05) is 19.0 Å². The Kier molecular flexibility index (Phi) is 6.00. The predicted octanol–water partition coefficient (Wildman–Crippen LogP) is 5.37. The van der Waals surface area contributed by atoms with Gasteiger partial charge in [-0.2, -0.15) is 0 Å². The third-order valence-electron chi connectivity index (χ3n) is 5.72. The molecule has 1 heterocycles. The molecule has 1 aliphatic carbocycles. The van der Waals surface area contributed by atoms with Crippen molar-refractivity contribution in [2.24, 2.45) is 0 Å². The Morgan fingerprint density at radius 1 is 1.09 bits per heavy atom. The van der Waals surface area contributed by atoms with Crippen LogP contribution in [0, 0.1) is 5.82 Å². The average molecular weight is 482 g/mol. The van der Waals surface area contributed by atoms with Gasteiger partial charge in [0.25, 0.3) is 10.0 Å². The first kappa shape index (κ1) is 23.3. The lowest BCUT2D eigenvalue weighted by molar-refractivity contribution is -0.274. The largest absolute Gasteiger partial charge is 0.573 e. The van der Waals surface area contributed by atoms with Gasteiger partial charge in [0.2, 0.25) is 0 Å². The van der Waals surface area contributed by atoms with Gasteiger partial charge in [0, 0.05) is 23.9 Å². The maximum absolute atomic E-state index is 14.8. The minimum Gasteiger partial charge on any atom is -0.406 e. The van der Waals surface area contributed by atoms with Crippen molar-refractivity contribution in [3.63, 3.8) is 0 Å². The number of hydrogen-bond acceptors (Lipinski definition) is 4. The van der Waals surface area contributed by atoms with E-state index >= 15 is 0 Å². The molecule has 0 saturated heterocycles. The van der Waals surface area contributed by atoms with Crippen molar-refractivity contribution in [2.75, 3.05) is 14.1 Å². The Hall–Kier alpha value is -2.85.